The lowest BCUT2D eigenvalue weighted by Crippen LogP contribution is -2.24. The number of pyridine rings is 1. The van der Waals surface area contributed by atoms with Crippen LogP contribution in [0.25, 0.3) is 11.3 Å². The molecular formula is C21H24N6O. The Morgan fingerprint density at radius 3 is 2.71 bits per heavy atom. The Kier molecular flexibility index (Phi) is 6.64. The van der Waals surface area contributed by atoms with Gasteiger partial charge in [-0.15, -0.1) is 0 Å². The minimum absolute atomic E-state index is 0.591. The fourth-order valence-corrected chi connectivity index (χ4v) is 2.58. The van der Waals surface area contributed by atoms with Crippen LogP contribution >= 0.6 is 0 Å². The van der Waals surface area contributed by atoms with E-state index in [9.17, 15) is 0 Å². The van der Waals surface area contributed by atoms with Crippen LogP contribution in [0.2, 0.25) is 0 Å². The Morgan fingerprint density at radius 2 is 1.96 bits per heavy atom. The topological polar surface area (TPSA) is 75.5 Å². The molecule has 0 atom stereocenters. The number of benzene rings is 1. The second-order valence-electron chi connectivity index (χ2n) is 6.37. The predicted octanol–water partition coefficient (Wildman–Crippen LogP) is 3.38. The largest absolute Gasteiger partial charge is 0.383 e. The molecule has 2 heterocycles. The van der Waals surface area contributed by atoms with E-state index in [1.54, 1.807) is 25.7 Å². The second-order valence-corrected chi connectivity index (χ2v) is 6.37. The summed E-state index contributed by atoms with van der Waals surface area (Å²) in [6.07, 6.45) is 5.26. The van der Waals surface area contributed by atoms with Crippen LogP contribution in [0.4, 0.5) is 11.8 Å². The summed E-state index contributed by atoms with van der Waals surface area (Å²) in [5.41, 5.74) is 6.99. The average Bonchev–Trinajstić information content (AvgIpc) is 2.72. The van der Waals surface area contributed by atoms with E-state index in [2.05, 4.69) is 44.5 Å². The Hall–Kier alpha value is -3.32. The molecule has 7 heteroatoms. The molecule has 0 radical (unpaired) electrons. The normalized spacial score (nSPS) is 11.0. The number of ether oxygens (including phenoxy) is 1. The molecule has 2 aromatic heterocycles. The maximum Gasteiger partial charge on any atom is 0.227 e. The zero-order chi connectivity index (χ0) is 19.8. The number of nitrogens with one attached hydrogen (secondary N) is 1. The van der Waals surface area contributed by atoms with Crippen LogP contribution < -0.4 is 10.3 Å². The average molecular weight is 376 g/mol. The summed E-state index contributed by atoms with van der Waals surface area (Å²) in [5, 5.41) is 4.33. The number of hydrogen-bond donors (Lipinski definition) is 1. The van der Waals surface area contributed by atoms with Gasteiger partial charge in [-0.1, -0.05) is 29.8 Å². The van der Waals surface area contributed by atoms with Crippen LogP contribution in [0.15, 0.2) is 60.0 Å². The number of anilines is 2. The highest BCUT2D eigenvalue weighted by atomic mass is 16.5. The van der Waals surface area contributed by atoms with E-state index >= 15 is 0 Å². The van der Waals surface area contributed by atoms with Crippen molar-refractivity contribution in [3.63, 3.8) is 0 Å². The zero-order valence-corrected chi connectivity index (χ0v) is 16.3. The standard InChI is InChI=1S/C21H24N6O/c1-16-5-4-6-17(13-16)15-23-26-20-14-19(18-7-9-22-10-8-18)24-21(25-20)27(2)11-12-28-3/h4-10,13-15H,11-12H2,1-3H3,(H,24,25,26)/b23-15+. The van der Waals surface area contributed by atoms with Crippen molar-refractivity contribution < 1.29 is 4.74 Å². The van der Waals surface area contributed by atoms with Crippen LogP contribution in [0.1, 0.15) is 11.1 Å². The van der Waals surface area contributed by atoms with Gasteiger partial charge in [0, 0.05) is 44.7 Å². The van der Waals surface area contributed by atoms with Crippen LogP contribution in [0, 0.1) is 6.92 Å². The molecule has 0 saturated carbocycles. The van der Waals surface area contributed by atoms with Crippen molar-refractivity contribution in [3.05, 3.63) is 66.0 Å². The minimum atomic E-state index is 0.591. The number of aryl methyl sites for hydroxylation is 1. The van der Waals surface area contributed by atoms with E-state index < -0.39 is 0 Å². The fourth-order valence-electron chi connectivity index (χ4n) is 2.58. The minimum Gasteiger partial charge on any atom is -0.383 e. The third-order valence-electron chi connectivity index (χ3n) is 4.10. The van der Waals surface area contributed by atoms with Gasteiger partial charge in [0.2, 0.25) is 5.95 Å². The molecule has 0 aliphatic heterocycles. The number of methoxy groups -OCH3 is 1. The Morgan fingerprint density at radius 1 is 1.14 bits per heavy atom. The number of hydrogen-bond acceptors (Lipinski definition) is 7. The quantitative estimate of drug-likeness (QED) is 0.480. The lowest BCUT2D eigenvalue weighted by molar-refractivity contribution is 0.206. The van der Waals surface area contributed by atoms with Crippen molar-refractivity contribution in [2.75, 3.05) is 37.6 Å². The number of rotatable bonds is 8. The molecule has 0 spiro atoms. The molecule has 0 aliphatic carbocycles. The summed E-state index contributed by atoms with van der Waals surface area (Å²) < 4.78 is 5.16. The van der Waals surface area contributed by atoms with E-state index in [4.69, 9.17) is 4.74 Å². The van der Waals surface area contributed by atoms with Gasteiger partial charge in [-0.2, -0.15) is 10.1 Å². The summed E-state index contributed by atoms with van der Waals surface area (Å²) in [5.74, 6) is 1.21. The molecule has 3 rings (SSSR count). The molecule has 0 aliphatic rings. The zero-order valence-electron chi connectivity index (χ0n) is 16.3. The van der Waals surface area contributed by atoms with Crippen molar-refractivity contribution in [2.24, 2.45) is 5.10 Å². The summed E-state index contributed by atoms with van der Waals surface area (Å²) in [6.45, 7) is 3.33. The van der Waals surface area contributed by atoms with Crippen molar-refractivity contribution in [3.8, 4) is 11.3 Å². The molecule has 7 nitrogen and oxygen atoms in total. The molecule has 144 valence electrons. The number of hydrazone groups is 1. The predicted molar refractivity (Wildman–Crippen MR) is 113 cm³/mol. The Balaban J connectivity index is 1.86. The van der Waals surface area contributed by atoms with E-state index in [0.717, 1.165) is 16.8 Å². The number of aromatic nitrogens is 3. The first kappa shape index (κ1) is 19.4. The van der Waals surface area contributed by atoms with E-state index in [1.807, 2.05) is 42.3 Å². The molecular weight excluding hydrogens is 352 g/mol. The third kappa shape index (κ3) is 5.34. The van der Waals surface area contributed by atoms with Gasteiger partial charge >= 0.3 is 0 Å². The highest BCUT2D eigenvalue weighted by Crippen LogP contribution is 2.22. The van der Waals surface area contributed by atoms with Crippen LogP contribution in [0.3, 0.4) is 0 Å². The van der Waals surface area contributed by atoms with Gasteiger partial charge in [0.05, 0.1) is 18.5 Å². The highest BCUT2D eigenvalue weighted by molar-refractivity contribution is 5.80. The van der Waals surface area contributed by atoms with E-state index in [0.29, 0.717) is 24.9 Å². The van der Waals surface area contributed by atoms with Gasteiger partial charge in [0.15, 0.2) is 5.82 Å². The van der Waals surface area contributed by atoms with Crippen molar-refractivity contribution in [1.82, 2.24) is 15.0 Å². The van der Waals surface area contributed by atoms with Crippen LogP contribution in [-0.4, -0.2) is 48.5 Å². The van der Waals surface area contributed by atoms with Crippen LogP contribution in [0.5, 0.6) is 0 Å². The van der Waals surface area contributed by atoms with Gasteiger partial charge in [-0.3, -0.25) is 10.4 Å². The molecule has 0 amide bonds. The van der Waals surface area contributed by atoms with Gasteiger partial charge in [-0.05, 0) is 24.6 Å². The molecule has 0 fully saturated rings. The molecule has 1 aromatic carbocycles. The van der Waals surface area contributed by atoms with Gasteiger partial charge in [0.25, 0.3) is 0 Å². The van der Waals surface area contributed by atoms with Crippen molar-refractivity contribution in [2.45, 2.75) is 6.92 Å². The maximum absolute atomic E-state index is 5.16. The van der Waals surface area contributed by atoms with Crippen LogP contribution in [-0.2, 0) is 4.74 Å². The van der Waals surface area contributed by atoms with Gasteiger partial charge in [-0.25, -0.2) is 4.98 Å². The van der Waals surface area contributed by atoms with Crippen molar-refractivity contribution >= 4 is 18.0 Å². The summed E-state index contributed by atoms with van der Waals surface area (Å²) in [4.78, 5) is 15.3. The van der Waals surface area contributed by atoms with E-state index in [1.165, 1.54) is 5.56 Å². The monoisotopic (exact) mass is 376 g/mol. The Labute approximate surface area is 165 Å². The van der Waals surface area contributed by atoms with Gasteiger partial charge < -0.3 is 9.64 Å². The SMILES string of the molecule is COCCN(C)c1nc(N/N=C/c2cccc(C)c2)cc(-c2ccncc2)n1. The molecule has 0 unspecified atom stereocenters. The fraction of sp³-hybridized carbons (Fsp3) is 0.238. The first-order chi connectivity index (χ1) is 13.7. The smallest absolute Gasteiger partial charge is 0.227 e. The second kappa shape index (κ2) is 9.57. The maximum atomic E-state index is 5.16. The summed E-state index contributed by atoms with van der Waals surface area (Å²) in [6, 6.07) is 13.8. The number of likely N-dealkylation sites (N-methyl/N-ethyl adjacent to an activating group) is 1. The first-order valence-corrected chi connectivity index (χ1v) is 9.01. The first-order valence-electron chi connectivity index (χ1n) is 9.01. The van der Waals surface area contributed by atoms with Crippen molar-refractivity contribution in [1.29, 1.82) is 0 Å². The Bertz CT molecular complexity index is 929. The third-order valence-corrected chi connectivity index (χ3v) is 4.10. The van der Waals surface area contributed by atoms with Gasteiger partial charge in [0.1, 0.15) is 0 Å². The molecule has 3 aromatic rings. The molecule has 0 bridgehead atoms. The summed E-state index contributed by atoms with van der Waals surface area (Å²) >= 11 is 0. The lowest BCUT2D eigenvalue weighted by atomic mass is 10.2. The molecule has 28 heavy (non-hydrogen) atoms. The number of nitrogens with zero attached hydrogens (tertiary/aromatic N) is 5. The summed E-state index contributed by atoms with van der Waals surface area (Å²) in [7, 11) is 3.61. The molecule has 1 N–H and O–H groups in total. The highest BCUT2D eigenvalue weighted by Gasteiger charge is 2.10. The molecule has 0 saturated heterocycles. The van der Waals surface area contributed by atoms with E-state index in [-0.39, 0.29) is 0 Å². The lowest BCUT2D eigenvalue weighted by Gasteiger charge is -2.18.